The Morgan fingerprint density at radius 2 is 2.47 bits per heavy atom. The van der Waals surface area contributed by atoms with E-state index in [2.05, 4.69) is 16.9 Å². The molecule has 1 unspecified atom stereocenters. The minimum atomic E-state index is 0.0397. The number of anilines is 2. The summed E-state index contributed by atoms with van der Waals surface area (Å²) in [5.74, 6) is 0.616. The number of pyridine rings is 1. The van der Waals surface area contributed by atoms with Gasteiger partial charge < -0.3 is 15.8 Å². The lowest BCUT2D eigenvalue weighted by atomic mass is 10.3. The van der Waals surface area contributed by atoms with Crippen LogP contribution < -0.4 is 11.1 Å². The summed E-state index contributed by atoms with van der Waals surface area (Å²) in [5.41, 5.74) is 6.19. The molecule has 0 spiro atoms. The molecule has 90 valence electrons. The molecule has 0 saturated carbocycles. The van der Waals surface area contributed by atoms with E-state index in [0.29, 0.717) is 24.7 Å². The number of nitrogens with zero attached hydrogens (tertiary/aromatic N) is 2. The molecule has 5 nitrogen and oxygen atoms in total. The topological polar surface area (TPSA) is 84.0 Å². The number of rotatable bonds is 6. The molecule has 0 aliphatic rings. The van der Waals surface area contributed by atoms with Crippen molar-refractivity contribution in [2.75, 3.05) is 24.2 Å². The third-order valence-electron chi connectivity index (χ3n) is 2.10. The van der Waals surface area contributed by atoms with E-state index < -0.39 is 0 Å². The first-order valence-electron chi connectivity index (χ1n) is 5.30. The first-order chi connectivity index (χ1) is 8.17. The molecule has 0 radical (unpaired) electrons. The van der Waals surface area contributed by atoms with Crippen LogP contribution in [0, 0.1) is 11.3 Å². The van der Waals surface area contributed by atoms with Crippen molar-refractivity contribution < 1.29 is 4.74 Å². The van der Waals surface area contributed by atoms with Gasteiger partial charge in [-0.15, -0.1) is 6.58 Å². The Morgan fingerprint density at radius 1 is 1.71 bits per heavy atom. The van der Waals surface area contributed by atoms with Crippen LogP contribution in [-0.4, -0.2) is 24.2 Å². The van der Waals surface area contributed by atoms with Gasteiger partial charge in [-0.1, -0.05) is 6.08 Å². The van der Waals surface area contributed by atoms with Gasteiger partial charge in [-0.05, 0) is 19.1 Å². The van der Waals surface area contributed by atoms with Gasteiger partial charge in [-0.25, -0.2) is 4.98 Å². The van der Waals surface area contributed by atoms with Crippen LogP contribution >= 0.6 is 0 Å². The molecule has 1 heterocycles. The van der Waals surface area contributed by atoms with Crippen LogP contribution in [0.25, 0.3) is 0 Å². The van der Waals surface area contributed by atoms with E-state index in [1.807, 2.05) is 13.0 Å². The maximum absolute atomic E-state index is 8.78. The van der Waals surface area contributed by atoms with Crippen molar-refractivity contribution in [2.24, 2.45) is 0 Å². The smallest absolute Gasteiger partial charge is 0.165 e. The fraction of sp³-hybridized carbons (Fsp3) is 0.333. The molecule has 0 aromatic carbocycles. The quantitative estimate of drug-likeness (QED) is 0.727. The van der Waals surface area contributed by atoms with E-state index in [-0.39, 0.29) is 11.8 Å². The fourth-order valence-corrected chi connectivity index (χ4v) is 1.20. The van der Waals surface area contributed by atoms with Crippen LogP contribution in [0.1, 0.15) is 12.6 Å². The van der Waals surface area contributed by atoms with E-state index >= 15 is 0 Å². The van der Waals surface area contributed by atoms with Gasteiger partial charge in [0.2, 0.25) is 0 Å². The molecule has 3 N–H and O–H groups in total. The van der Waals surface area contributed by atoms with E-state index in [4.69, 9.17) is 15.7 Å². The Balaban J connectivity index is 2.52. The molecule has 17 heavy (non-hydrogen) atoms. The Bertz CT molecular complexity index is 425. The number of hydrogen-bond acceptors (Lipinski definition) is 5. The number of nitrogens with two attached hydrogens (primary N) is 1. The van der Waals surface area contributed by atoms with Gasteiger partial charge in [-0.2, -0.15) is 5.26 Å². The summed E-state index contributed by atoms with van der Waals surface area (Å²) in [7, 11) is 0. The van der Waals surface area contributed by atoms with Gasteiger partial charge in [0.25, 0.3) is 0 Å². The van der Waals surface area contributed by atoms with Crippen molar-refractivity contribution in [2.45, 2.75) is 13.0 Å². The predicted molar refractivity (Wildman–Crippen MR) is 67.5 cm³/mol. The van der Waals surface area contributed by atoms with Crippen molar-refractivity contribution in [3.05, 3.63) is 30.5 Å². The second-order valence-corrected chi connectivity index (χ2v) is 3.56. The Morgan fingerprint density at radius 3 is 3.12 bits per heavy atom. The van der Waals surface area contributed by atoms with Crippen LogP contribution in [0.3, 0.4) is 0 Å². The van der Waals surface area contributed by atoms with Crippen LogP contribution in [0.4, 0.5) is 11.5 Å². The number of nitriles is 1. The number of aromatic nitrogens is 1. The number of ether oxygens (including phenoxy) is 1. The second kappa shape index (κ2) is 6.51. The normalized spacial score (nSPS) is 11.5. The summed E-state index contributed by atoms with van der Waals surface area (Å²) >= 11 is 0. The lowest BCUT2D eigenvalue weighted by Gasteiger charge is -2.13. The first kappa shape index (κ1) is 13.0. The predicted octanol–water partition coefficient (Wildman–Crippen LogP) is 1.54. The Labute approximate surface area is 101 Å². The molecule has 1 aromatic heterocycles. The largest absolute Gasteiger partial charge is 0.396 e. The van der Waals surface area contributed by atoms with Crippen LogP contribution in [-0.2, 0) is 4.74 Å². The summed E-state index contributed by atoms with van der Waals surface area (Å²) in [6.45, 7) is 6.64. The monoisotopic (exact) mass is 232 g/mol. The van der Waals surface area contributed by atoms with Crippen molar-refractivity contribution in [1.82, 2.24) is 4.98 Å². The van der Waals surface area contributed by atoms with E-state index in [1.165, 1.54) is 0 Å². The maximum Gasteiger partial charge on any atom is 0.165 e. The fourth-order valence-electron chi connectivity index (χ4n) is 1.20. The average molecular weight is 232 g/mol. The highest BCUT2D eigenvalue weighted by Crippen LogP contribution is 2.12. The first-order valence-corrected chi connectivity index (χ1v) is 5.30. The van der Waals surface area contributed by atoms with Gasteiger partial charge in [0.05, 0.1) is 18.4 Å². The van der Waals surface area contributed by atoms with Crippen molar-refractivity contribution in [3.8, 4) is 6.07 Å². The highest BCUT2D eigenvalue weighted by atomic mass is 16.5. The van der Waals surface area contributed by atoms with Crippen molar-refractivity contribution in [1.29, 1.82) is 5.26 Å². The highest BCUT2D eigenvalue weighted by molar-refractivity contribution is 5.54. The molecular formula is C12H16N4O. The zero-order valence-corrected chi connectivity index (χ0v) is 9.81. The zero-order valence-electron chi connectivity index (χ0n) is 9.81. The van der Waals surface area contributed by atoms with Crippen molar-refractivity contribution in [3.63, 3.8) is 0 Å². The molecule has 0 amide bonds. The summed E-state index contributed by atoms with van der Waals surface area (Å²) in [4.78, 5) is 4.07. The second-order valence-electron chi connectivity index (χ2n) is 3.56. The number of hydrogen-bond donors (Lipinski definition) is 2. The lowest BCUT2D eigenvalue weighted by molar-refractivity contribution is 0.0979. The standard InChI is InChI=1S/C12H16N4O/c1-3-6-17-9(2)8-15-12-5-4-10(14)11(7-13)16-12/h3-5,9H,1,6,8,14H2,2H3,(H,15,16). The van der Waals surface area contributed by atoms with E-state index in [9.17, 15) is 0 Å². The van der Waals surface area contributed by atoms with Gasteiger partial charge in [0, 0.05) is 6.54 Å². The minimum absolute atomic E-state index is 0.0397. The third kappa shape index (κ3) is 4.13. The van der Waals surface area contributed by atoms with Crippen molar-refractivity contribution >= 4 is 11.5 Å². The Kier molecular flexibility index (Phi) is 4.98. The molecule has 0 aliphatic heterocycles. The minimum Gasteiger partial charge on any atom is -0.396 e. The molecule has 1 atom stereocenters. The SMILES string of the molecule is C=CCOC(C)CNc1ccc(N)c(C#N)n1. The average Bonchev–Trinajstić information content (AvgIpc) is 2.35. The number of nitrogens with one attached hydrogen (secondary N) is 1. The number of nitrogen functional groups attached to an aromatic ring is 1. The van der Waals surface area contributed by atoms with Gasteiger partial charge in [0.15, 0.2) is 5.69 Å². The third-order valence-corrected chi connectivity index (χ3v) is 2.10. The van der Waals surface area contributed by atoms with Crippen LogP contribution in [0.15, 0.2) is 24.8 Å². The summed E-state index contributed by atoms with van der Waals surface area (Å²) in [6, 6.07) is 5.33. The van der Waals surface area contributed by atoms with Crippen LogP contribution in [0.2, 0.25) is 0 Å². The van der Waals surface area contributed by atoms with E-state index in [0.717, 1.165) is 0 Å². The van der Waals surface area contributed by atoms with Gasteiger partial charge >= 0.3 is 0 Å². The van der Waals surface area contributed by atoms with Gasteiger partial charge in [-0.3, -0.25) is 0 Å². The molecule has 0 saturated heterocycles. The molecule has 1 aromatic rings. The summed E-state index contributed by atoms with van der Waals surface area (Å²) < 4.78 is 5.40. The molecule has 1 rings (SSSR count). The zero-order chi connectivity index (χ0) is 12.7. The highest BCUT2D eigenvalue weighted by Gasteiger charge is 2.04. The van der Waals surface area contributed by atoms with Crippen LogP contribution in [0.5, 0.6) is 0 Å². The van der Waals surface area contributed by atoms with Gasteiger partial charge in [0.1, 0.15) is 11.9 Å². The molecule has 0 aliphatic carbocycles. The maximum atomic E-state index is 8.78. The lowest BCUT2D eigenvalue weighted by Crippen LogP contribution is -2.20. The molecular weight excluding hydrogens is 216 g/mol. The summed E-state index contributed by atoms with van der Waals surface area (Å²) in [6.07, 6.45) is 1.74. The molecule has 5 heteroatoms. The Hall–Kier alpha value is -2.06. The van der Waals surface area contributed by atoms with E-state index in [1.54, 1.807) is 18.2 Å². The molecule has 0 bridgehead atoms. The summed E-state index contributed by atoms with van der Waals surface area (Å²) in [5, 5.41) is 11.9. The molecule has 0 fully saturated rings.